The van der Waals surface area contributed by atoms with Gasteiger partial charge in [-0.05, 0) is 63.6 Å². The molecule has 4 rings (SSSR count). The average molecular weight is 562 g/mol. The third-order valence-electron chi connectivity index (χ3n) is 8.02. The van der Waals surface area contributed by atoms with Gasteiger partial charge >= 0.3 is 6.09 Å². The van der Waals surface area contributed by atoms with E-state index in [-0.39, 0.29) is 36.1 Å². The third kappa shape index (κ3) is 8.24. The molecule has 1 N–H and O–H groups in total. The van der Waals surface area contributed by atoms with Crippen molar-refractivity contribution in [3.8, 4) is 11.5 Å². The highest BCUT2D eigenvalue weighted by Crippen LogP contribution is 2.32. The molecule has 0 aromatic heterocycles. The van der Waals surface area contributed by atoms with E-state index < -0.39 is 0 Å². The Morgan fingerprint density at radius 3 is 2.48 bits per heavy atom. The van der Waals surface area contributed by atoms with Crippen LogP contribution in [0.2, 0.25) is 0 Å². The van der Waals surface area contributed by atoms with E-state index in [0.29, 0.717) is 55.8 Å². The summed E-state index contributed by atoms with van der Waals surface area (Å²) < 4.78 is 28.1. The number of methoxy groups -OCH3 is 2. The normalized spacial score (nSPS) is 21.3. The molecule has 1 aliphatic carbocycles. The zero-order valence-electron chi connectivity index (χ0n) is 24.6. The number of hydrogen-bond acceptors (Lipinski definition) is 8. The Kier molecular flexibility index (Phi) is 11.3. The molecule has 2 aliphatic heterocycles. The van der Waals surface area contributed by atoms with Crippen molar-refractivity contribution in [1.82, 2.24) is 15.1 Å². The van der Waals surface area contributed by atoms with E-state index in [1.165, 1.54) is 0 Å². The SMILES string of the molecule is COCCCOc1cc(C(=O)N(C[C@@H]2CNCC2OC(=O)N(CC2CCOCC2)C2CC2)C(C)C)ccc1OC. The van der Waals surface area contributed by atoms with Gasteiger partial charge < -0.3 is 38.8 Å². The molecule has 3 fully saturated rings. The van der Waals surface area contributed by atoms with Crippen LogP contribution in [0.4, 0.5) is 4.79 Å². The molecule has 0 radical (unpaired) electrons. The van der Waals surface area contributed by atoms with Crippen LogP contribution in [-0.4, -0.2) is 107 Å². The first-order chi connectivity index (χ1) is 19.4. The van der Waals surface area contributed by atoms with Gasteiger partial charge in [0.15, 0.2) is 11.5 Å². The van der Waals surface area contributed by atoms with E-state index in [2.05, 4.69) is 5.32 Å². The minimum Gasteiger partial charge on any atom is -0.493 e. The summed E-state index contributed by atoms with van der Waals surface area (Å²) in [5.41, 5.74) is 0.534. The summed E-state index contributed by atoms with van der Waals surface area (Å²) in [6, 6.07) is 5.54. The largest absolute Gasteiger partial charge is 0.493 e. The topological polar surface area (TPSA) is 98.8 Å². The first-order valence-corrected chi connectivity index (χ1v) is 14.8. The molecule has 2 atom stereocenters. The number of nitrogens with one attached hydrogen (secondary N) is 1. The van der Waals surface area contributed by atoms with Crippen LogP contribution < -0.4 is 14.8 Å². The third-order valence-corrected chi connectivity index (χ3v) is 8.02. The minimum absolute atomic E-state index is 0.00227. The predicted octanol–water partition coefficient (Wildman–Crippen LogP) is 3.58. The molecule has 224 valence electrons. The van der Waals surface area contributed by atoms with Gasteiger partial charge in [-0.3, -0.25) is 4.79 Å². The molecular weight excluding hydrogens is 514 g/mol. The van der Waals surface area contributed by atoms with Gasteiger partial charge in [-0.1, -0.05) is 0 Å². The summed E-state index contributed by atoms with van der Waals surface area (Å²) in [6.07, 6.45) is 4.29. The maximum atomic E-state index is 13.7. The maximum absolute atomic E-state index is 13.7. The molecule has 10 nitrogen and oxygen atoms in total. The smallest absolute Gasteiger partial charge is 0.410 e. The summed E-state index contributed by atoms with van der Waals surface area (Å²) in [5, 5.41) is 3.38. The van der Waals surface area contributed by atoms with Crippen molar-refractivity contribution >= 4 is 12.0 Å². The lowest BCUT2D eigenvalue weighted by Crippen LogP contribution is -2.45. The highest BCUT2D eigenvalue weighted by molar-refractivity contribution is 5.95. The van der Waals surface area contributed by atoms with Crippen molar-refractivity contribution in [3.05, 3.63) is 23.8 Å². The van der Waals surface area contributed by atoms with Gasteiger partial charge in [0.1, 0.15) is 6.10 Å². The van der Waals surface area contributed by atoms with Crippen molar-refractivity contribution in [2.24, 2.45) is 11.8 Å². The van der Waals surface area contributed by atoms with Crippen molar-refractivity contribution in [3.63, 3.8) is 0 Å². The number of carbonyl (C=O) groups is 2. The maximum Gasteiger partial charge on any atom is 0.410 e. The van der Waals surface area contributed by atoms with Gasteiger partial charge in [-0.15, -0.1) is 0 Å². The number of ether oxygens (including phenoxy) is 5. The molecule has 2 heterocycles. The average Bonchev–Trinajstić information content (AvgIpc) is 3.71. The summed E-state index contributed by atoms with van der Waals surface area (Å²) in [4.78, 5) is 30.9. The number of rotatable bonds is 14. The highest BCUT2D eigenvalue weighted by atomic mass is 16.6. The Morgan fingerprint density at radius 1 is 1.02 bits per heavy atom. The van der Waals surface area contributed by atoms with E-state index in [9.17, 15) is 9.59 Å². The Labute approximate surface area is 238 Å². The second-order valence-electron chi connectivity index (χ2n) is 11.4. The molecule has 1 aromatic carbocycles. The van der Waals surface area contributed by atoms with E-state index in [1.807, 2.05) is 23.6 Å². The van der Waals surface area contributed by atoms with Crippen molar-refractivity contribution in [1.29, 1.82) is 0 Å². The van der Waals surface area contributed by atoms with Gasteiger partial charge in [0.25, 0.3) is 5.91 Å². The quantitative estimate of drug-likeness (QED) is 0.344. The Balaban J connectivity index is 1.39. The van der Waals surface area contributed by atoms with Crippen molar-refractivity contribution < 1.29 is 33.3 Å². The predicted molar refractivity (Wildman–Crippen MR) is 151 cm³/mol. The number of carbonyl (C=O) groups excluding carboxylic acids is 2. The lowest BCUT2D eigenvalue weighted by molar-refractivity contribution is 0.0224. The fourth-order valence-electron chi connectivity index (χ4n) is 5.45. The first kappa shape index (κ1) is 30.4. The number of amides is 2. The lowest BCUT2D eigenvalue weighted by atomic mass is 10.00. The van der Waals surface area contributed by atoms with E-state index in [1.54, 1.807) is 32.4 Å². The van der Waals surface area contributed by atoms with Gasteiger partial charge in [0.05, 0.1) is 13.7 Å². The molecular formula is C30H47N3O7. The fourth-order valence-corrected chi connectivity index (χ4v) is 5.45. The van der Waals surface area contributed by atoms with Crippen LogP contribution in [-0.2, 0) is 14.2 Å². The zero-order chi connectivity index (χ0) is 28.5. The lowest BCUT2D eigenvalue weighted by Gasteiger charge is -2.33. The highest BCUT2D eigenvalue weighted by Gasteiger charge is 2.39. The summed E-state index contributed by atoms with van der Waals surface area (Å²) in [6.45, 7) is 9.11. The van der Waals surface area contributed by atoms with Gasteiger partial charge in [-0.25, -0.2) is 4.79 Å². The summed E-state index contributed by atoms with van der Waals surface area (Å²) in [7, 11) is 3.24. The molecule has 0 bridgehead atoms. The second-order valence-corrected chi connectivity index (χ2v) is 11.4. The molecule has 1 aromatic rings. The van der Waals surface area contributed by atoms with E-state index in [4.69, 9.17) is 23.7 Å². The van der Waals surface area contributed by atoms with Crippen LogP contribution >= 0.6 is 0 Å². The molecule has 2 amide bonds. The first-order valence-electron chi connectivity index (χ1n) is 14.8. The Bertz CT molecular complexity index is 965. The molecule has 2 saturated heterocycles. The van der Waals surface area contributed by atoms with Crippen LogP contribution in [0.15, 0.2) is 18.2 Å². The van der Waals surface area contributed by atoms with Gasteiger partial charge in [0.2, 0.25) is 0 Å². The fraction of sp³-hybridized carbons (Fsp3) is 0.733. The standard InChI is InChI=1S/C30H47N3O7/c1-21(2)32(29(34)23-6-9-26(37-4)27(16-23)39-13-5-12-36-3)20-24-17-31-18-28(24)40-30(35)33(25-7-8-25)19-22-10-14-38-15-11-22/h6,9,16,21-22,24-25,28,31H,5,7-8,10-15,17-20H2,1-4H3/t24-,28?/m0/s1. The van der Waals surface area contributed by atoms with E-state index >= 15 is 0 Å². The molecule has 1 saturated carbocycles. The van der Waals surface area contributed by atoms with Crippen LogP contribution in [0, 0.1) is 11.8 Å². The molecule has 3 aliphatic rings. The van der Waals surface area contributed by atoms with Gasteiger partial charge in [0, 0.05) is 83.1 Å². The second kappa shape index (κ2) is 14.9. The Hall–Kier alpha value is -2.56. The summed E-state index contributed by atoms with van der Waals surface area (Å²) in [5.74, 6) is 1.50. The molecule has 0 spiro atoms. The zero-order valence-corrected chi connectivity index (χ0v) is 24.6. The number of nitrogens with zero attached hydrogens (tertiary/aromatic N) is 2. The Morgan fingerprint density at radius 2 is 1.80 bits per heavy atom. The molecule has 10 heteroatoms. The van der Waals surface area contributed by atoms with E-state index in [0.717, 1.165) is 51.9 Å². The van der Waals surface area contributed by atoms with Crippen molar-refractivity contribution in [2.75, 3.05) is 66.8 Å². The monoisotopic (exact) mass is 561 g/mol. The van der Waals surface area contributed by atoms with Gasteiger partial charge in [-0.2, -0.15) is 0 Å². The molecule has 1 unspecified atom stereocenters. The van der Waals surface area contributed by atoms with Crippen LogP contribution in [0.25, 0.3) is 0 Å². The molecule has 40 heavy (non-hydrogen) atoms. The van der Waals surface area contributed by atoms with Crippen molar-refractivity contribution in [2.45, 2.75) is 64.1 Å². The van der Waals surface area contributed by atoms with Crippen LogP contribution in [0.5, 0.6) is 11.5 Å². The summed E-state index contributed by atoms with van der Waals surface area (Å²) >= 11 is 0. The number of benzene rings is 1. The van der Waals surface area contributed by atoms with Crippen LogP contribution in [0.1, 0.15) is 56.3 Å². The number of hydrogen-bond donors (Lipinski definition) is 1. The minimum atomic E-state index is -0.284. The van der Waals surface area contributed by atoms with Crippen LogP contribution in [0.3, 0.4) is 0 Å².